The van der Waals surface area contributed by atoms with Crippen molar-refractivity contribution in [3.63, 3.8) is 0 Å². The summed E-state index contributed by atoms with van der Waals surface area (Å²) in [6.45, 7) is 1.87. The maximum Gasteiger partial charge on any atom is 0.277 e. The third-order valence-electron chi connectivity index (χ3n) is 3.76. The van der Waals surface area contributed by atoms with Crippen LogP contribution in [0.2, 0.25) is 0 Å². The zero-order valence-corrected chi connectivity index (χ0v) is 15.8. The van der Waals surface area contributed by atoms with E-state index in [9.17, 15) is 4.79 Å². The molecule has 1 fully saturated rings. The fraction of sp³-hybridized carbons (Fsp3) is 0.294. The van der Waals surface area contributed by atoms with Crippen LogP contribution in [-0.4, -0.2) is 18.2 Å². The van der Waals surface area contributed by atoms with Crippen LogP contribution < -0.4 is 10.2 Å². The molecule has 0 spiro atoms. The Morgan fingerprint density at radius 2 is 2.09 bits per heavy atom. The molecule has 1 amide bonds. The first-order chi connectivity index (χ1) is 11.0. The van der Waals surface area contributed by atoms with Crippen molar-refractivity contribution in [2.75, 3.05) is 6.61 Å². The number of benzene rings is 2. The summed E-state index contributed by atoms with van der Waals surface area (Å²) in [4.78, 5) is 11.8. The lowest BCUT2D eigenvalue weighted by Gasteiger charge is -2.10. The van der Waals surface area contributed by atoms with E-state index < -0.39 is 0 Å². The predicted molar refractivity (Wildman–Crippen MR) is 98.8 cm³/mol. The van der Waals surface area contributed by atoms with Crippen molar-refractivity contribution in [3.8, 4) is 5.75 Å². The van der Waals surface area contributed by atoms with Crippen molar-refractivity contribution in [1.82, 2.24) is 5.43 Å². The van der Waals surface area contributed by atoms with Crippen molar-refractivity contribution < 1.29 is 9.53 Å². The van der Waals surface area contributed by atoms with Crippen molar-refractivity contribution >= 4 is 54.3 Å². The Morgan fingerprint density at radius 1 is 1.30 bits per heavy atom. The van der Waals surface area contributed by atoms with Gasteiger partial charge >= 0.3 is 0 Å². The number of ether oxygens (including phenoxy) is 1. The van der Waals surface area contributed by atoms with Gasteiger partial charge in [-0.25, -0.2) is 5.43 Å². The Morgan fingerprint density at radius 3 is 2.83 bits per heavy atom. The number of amides is 1. The molecule has 1 N–H and O–H groups in total. The maximum atomic E-state index is 11.8. The first kappa shape index (κ1) is 16.5. The smallest absolute Gasteiger partial charge is 0.277 e. The van der Waals surface area contributed by atoms with Gasteiger partial charge in [-0.2, -0.15) is 5.10 Å². The molecule has 0 heterocycles. The van der Waals surface area contributed by atoms with Crippen molar-refractivity contribution in [2.45, 2.75) is 19.8 Å². The Labute approximate surface area is 151 Å². The number of hydrogen-bond acceptors (Lipinski definition) is 3. The van der Waals surface area contributed by atoms with Gasteiger partial charge < -0.3 is 4.74 Å². The van der Waals surface area contributed by atoms with E-state index in [1.807, 2.05) is 37.3 Å². The lowest BCUT2D eigenvalue weighted by atomic mass is 10.1. The summed E-state index contributed by atoms with van der Waals surface area (Å²) in [5.41, 5.74) is 3.52. The highest BCUT2D eigenvalue weighted by atomic mass is 79.9. The Kier molecular flexibility index (Phi) is 5.02. The highest BCUT2D eigenvalue weighted by molar-refractivity contribution is 9.11. The van der Waals surface area contributed by atoms with Gasteiger partial charge in [0, 0.05) is 10.2 Å². The van der Waals surface area contributed by atoms with Crippen molar-refractivity contribution in [3.05, 3.63) is 39.3 Å². The molecule has 23 heavy (non-hydrogen) atoms. The first-order valence-corrected chi connectivity index (χ1v) is 8.97. The topological polar surface area (TPSA) is 50.7 Å². The third-order valence-corrected chi connectivity index (χ3v) is 5.08. The first-order valence-electron chi connectivity index (χ1n) is 7.38. The SMILES string of the molecule is C/C(=N\NC(=O)COc1ccc2cc(Br)ccc2c1Br)C1CC1. The standard InChI is InChI=1S/C17H16Br2N2O2/c1-10(11-2-3-11)20-21-16(22)9-23-15-7-4-12-8-13(18)5-6-14(12)17(15)19/h4-8,11H,2-3,9H2,1H3,(H,21,22)/b20-10+. The summed E-state index contributed by atoms with van der Waals surface area (Å²) in [7, 11) is 0. The number of hydrogen-bond donors (Lipinski definition) is 1. The number of fused-ring (bicyclic) bond motifs is 1. The average molecular weight is 440 g/mol. The Hall–Kier alpha value is -1.40. The Bertz CT molecular complexity index is 786. The molecule has 0 aliphatic heterocycles. The maximum absolute atomic E-state index is 11.8. The molecule has 0 radical (unpaired) electrons. The molecular weight excluding hydrogens is 424 g/mol. The second-order valence-electron chi connectivity index (χ2n) is 5.59. The summed E-state index contributed by atoms with van der Waals surface area (Å²) in [5.74, 6) is 0.927. The number of nitrogens with zero attached hydrogens (tertiary/aromatic N) is 1. The number of carbonyl (C=O) groups excluding carboxylic acids is 1. The molecule has 4 nitrogen and oxygen atoms in total. The van der Waals surface area contributed by atoms with Gasteiger partial charge in [-0.1, -0.05) is 28.1 Å². The van der Waals surface area contributed by atoms with E-state index in [2.05, 4.69) is 42.4 Å². The van der Waals surface area contributed by atoms with E-state index in [1.54, 1.807) is 0 Å². The van der Waals surface area contributed by atoms with Crippen molar-refractivity contribution in [2.24, 2.45) is 11.0 Å². The van der Waals surface area contributed by atoms with Crippen molar-refractivity contribution in [1.29, 1.82) is 0 Å². The van der Waals surface area contributed by atoms with Crippen LogP contribution in [0.25, 0.3) is 10.8 Å². The number of rotatable bonds is 5. The van der Waals surface area contributed by atoms with Gasteiger partial charge in [0.1, 0.15) is 5.75 Å². The van der Waals surface area contributed by atoms with Crippen LogP contribution in [0.1, 0.15) is 19.8 Å². The number of halogens is 2. The van der Waals surface area contributed by atoms with Crippen LogP contribution in [-0.2, 0) is 4.79 Å². The molecule has 0 bridgehead atoms. The minimum Gasteiger partial charge on any atom is -0.483 e. The van der Waals surface area contributed by atoms with Gasteiger partial charge in [0.15, 0.2) is 6.61 Å². The minimum atomic E-state index is -0.257. The van der Waals surface area contributed by atoms with Crippen LogP contribution in [0.5, 0.6) is 5.75 Å². The van der Waals surface area contributed by atoms with Gasteiger partial charge in [-0.05, 0) is 70.6 Å². The van der Waals surface area contributed by atoms with E-state index in [1.165, 1.54) is 12.8 Å². The quantitative estimate of drug-likeness (QED) is 0.544. The highest BCUT2D eigenvalue weighted by Crippen LogP contribution is 2.34. The van der Waals surface area contributed by atoms with Crippen LogP contribution in [0, 0.1) is 5.92 Å². The monoisotopic (exact) mass is 438 g/mol. The van der Waals surface area contributed by atoms with Crippen LogP contribution in [0.3, 0.4) is 0 Å². The molecule has 1 saturated carbocycles. The molecule has 1 aliphatic carbocycles. The summed E-state index contributed by atoms with van der Waals surface area (Å²) in [5, 5.41) is 6.23. The van der Waals surface area contributed by atoms with Crippen LogP contribution >= 0.6 is 31.9 Å². The number of nitrogens with one attached hydrogen (secondary N) is 1. The summed E-state index contributed by atoms with van der Waals surface area (Å²) in [6.07, 6.45) is 2.34. The van der Waals surface area contributed by atoms with E-state index in [0.29, 0.717) is 11.7 Å². The van der Waals surface area contributed by atoms with Crippen LogP contribution in [0.4, 0.5) is 0 Å². The van der Waals surface area contributed by atoms with Crippen LogP contribution in [0.15, 0.2) is 44.4 Å². The fourth-order valence-corrected chi connectivity index (χ4v) is 3.26. The zero-order chi connectivity index (χ0) is 16.4. The lowest BCUT2D eigenvalue weighted by Crippen LogP contribution is -2.25. The molecule has 2 aromatic rings. The highest BCUT2D eigenvalue weighted by Gasteiger charge is 2.24. The van der Waals surface area contributed by atoms with E-state index in [0.717, 1.165) is 25.4 Å². The second-order valence-corrected chi connectivity index (χ2v) is 7.30. The number of hydrazone groups is 1. The number of carbonyl (C=O) groups is 1. The normalized spacial score (nSPS) is 14.8. The molecule has 3 rings (SSSR count). The molecule has 6 heteroatoms. The summed E-state index contributed by atoms with van der Waals surface area (Å²) in [6, 6.07) is 9.82. The average Bonchev–Trinajstić information content (AvgIpc) is 3.36. The predicted octanol–water partition coefficient (Wildman–Crippen LogP) is 4.65. The van der Waals surface area contributed by atoms with E-state index in [-0.39, 0.29) is 12.5 Å². The second kappa shape index (κ2) is 7.01. The third kappa shape index (κ3) is 4.12. The largest absolute Gasteiger partial charge is 0.483 e. The zero-order valence-electron chi connectivity index (χ0n) is 12.6. The molecular formula is C17H16Br2N2O2. The van der Waals surface area contributed by atoms with E-state index >= 15 is 0 Å². The molecule has 0 saturated heterocycles. The molecule has 120 valence electrons. The van der Waals surface area contributed by atoms with Gasteiger partial charge in [0.25, 0.3) is 5.91 Å². The van der Waals surface area contributed by atoms with Gasteiger partial charge in [-0.15, -0.1) is 0 Å². The lowest BCUT2D eigenvalue weighted by molar-refractivity contribution is -0.123. The fourth-order valence-electron chi connectivity index (χ4n) is 2.27. The molecule has 1 aliphatic rings. The van der Waals surface area contributed by atoms with Gasteiger partial charge in [0.05, 0.1) is 4.47 Å². The molecule has 0 aromatic heterocycles. The molecule has 0 atom stereocenters. The molecule has 2 aromatic carbocycles. The summed E-state index contributed by atoms with van der Waals surface area (Å²) < 4.78 is 7.47. The summed E-state index contributed by atoms with van der Waals surface area (Å²) >= 11 is 7.00. The van der Waals surface area contributed by atoms with Gasteiger partial charge in [0.2, 0.25) is 0 Å². The Balaban J connectivity index is 1.64. The van der Waals surface area contributed by atoms with Gasteiger partial charge in [-0.3, -0.25) is 4.79 Å². The minimum absolute atomic E-state index is 0.0674. The van der Waals surface area contributed by atoms with E-state index in [4.69, 9.17) is 4.74 Å². The molecule has 0 unspecified atom stereocenters.